The molecule has 0 amide bonds. The summed E-state index contributed by atoms with van der Waals surface area (Å²) in [4.78, 5) is 12.5. The van der Waals surface area contributed by atoms with Gasteiger partial charge in [0.15, 0.2) is 0 Å². The van der Waals surface area contributed by atoms with Gasteiger partial charge in [-0.25, -0.2) is 0 Å². The van der Waals surface area contributed by atoms with Crippen LogP contribution in [0.4, 0.5) is 0 Å². The third kappa shape index (κ3) is 2.50. The van der Waals surface area contributed by atoms with Crippen LogP contribution in [0.15, 0.2) is 17.5 Å². The van der Waals surface area contributed by atoms with Crippen LogP contribution >= 0.6 is 11.3 Å². The molecule has 88 valence electrons. The van der Waals surface area contributed by atoms with Crippen molar-refractivity contribution in [2.45, 2.75) is 12.1 Å². The Balaban J connectivity index is 2.11. The molecule has 0 bridgehead atoms. The minimum Gasteiger partial charge on any atom is -0.468 e. The molecular weight excluding hydrogens is 246 g/mol. The molecule has 0 aromatic carbocycles. The van der Waals surface area contributed by atoms with Gasteiger partial charge in [0.1, 0.15) is 6.04 Å². The molecule has 0 aliphatic carbocycles. The van der Waals surface area contributed by atoms with Crippen LogP contribution in [0.5, 0.6) is 0 Å². The summed E-state index contributed by atoms with van der Waals surface area (Å²) in [7, 11) is 0.385. The van der Waals surface area contributed by atoms with Crippen LogP contribution in [0.25, 0.3) is 0 Å². The summed E-state index contributed by atoms with van der Waals surface area (Å²) in [6.07, 6.45) is 0. The Morgan fingerprint density at radius 1 is 1.62 bits per heavy atom. The molecule has 3 atom stereocenters. The number of thiophene rings is 1. The van der Waals surface area contributed by atoms with Crippen LogP contribution in [0.3, 0.4) is 0 Å². The molecule has 16 heavy (non-hydrogen) atoms. The molecule has 6 heteroatoms. The molecule has 0 saturated carbocycles. The third-order valence-electron chi connectivity index (χ3n) is 2.48. The molecule has 1 N–H and O–H groups in total. The van der Waals surface area contributed by atoms with Gasteiger partial charge in [0.05, 0.1) is 13.2 Å². The average molecular weight is 259 g/mol. The maximum Gasteiger partial charge on any atom is 0.323 e. The van der Waals surface area contributed by atoms with E-state index in [1.807, 2.05) is 17.5 Å². The Morgan fingerprint density at radius 2 is 2.44 bits per heavy atom. The molecule has 1 aromatic heterocycles. The first-order valence-corrected chi connectivity index (χ1v) is 7.29. The molecule has 0 spiro atoms. The van der Waals surface area contributed by atoms with Gasteiger partial charge in [0.25, 0.3) is 0 Å². The van der Waals surface area contributed by atoms with Gasteiger partial charge in [-0.3, -0.25) is 14.3 Å². The van der Waals surface area contributed by atoms with Crippen molar-refractivity contribution in [1.82, 2.24) is 5.32 Å². The van der Waals surface area contributed by atoms with Crippen molar-refractivity contribution in [3.63, 3.8) is 0 Å². The maximum atomic E-state index is 11.7. The standard InChI is InChI=1S/C10H13NO3S2/c1-14-10(12)8-6-16(13)5-7(11-8)9-3-2-4-15-9/h2-4,7-8,11H,5-6H2,1H3. The minimum absolute atomic E-state index is 0.00122. The Bertz CT molecular complexity index is 391. The van der Waals surface area contributed by atoms with Gasteiger partial charge < -0.3 is 4.74 Å². The van der Waals surface area contributed by atoms with E-state index in [1.54, 1.807) is 11.3 Å². The third-order valence-corrected chi connectivity index (χ3v) is 4.88. The molecule has 0 radical (unpaired) electrons. The fourth-order valence-corrected chi connectivity index (χ4v) is 3.99. The summed E-state index contributed by atoms with van der Waals surface area (Å²) in [5, 5.41) is 5.15. The van der Waals surface area contributed by atoms with E-state index in [4.69, 9.17) is 0 Å². The number of esters is 1. The number of nitrogens with one attached hydrogen (secondary N) is 1. The summed E-state index contributed by atoms with van der Waals surface area (Å²) in [5.41, 5.74) is 0. The second-order valence-electron chi connectivity index (χ2n) is 3.58. The van der Waals surface area contributed by atoms with Crippen molar-refractivity contribution in [1.29, 1.82) is 0 Å². The number of carbonyl (C=O) groups excluding carboxylic acids is 1. The Morgan fingerprint density at radius 3 is 3.06 bits per heavy atom. The highest BCUT2D eigenvalue weighted by molar-refractivity contribution is 7.85. The van der Waals surface area contributed by atoms with E-state index in [0.717, 1.165) is 4.88 Å². The van der Waals surface area contributed by atoms with Gasteiger partial charge in [-0.2, -0.15) is 0 Å². The molecule has 1 aliphatic rings. The molecule has 2 rings (SSSR count). The monoisotopic (exact) mass is 259 g/mol. The first kappa shape index (κ1) is 11.8. The van der Waals surface area contributed by atoms with E-state index < -0.39 is 16.8 Å². The minimum atomic E-state index is -0.964. The number of rotatable bonds is 2. The van der Waals surface area contributed by atoms with Crippen LogP contribution in [0, 0.1) is 0 Å². The molecule has 4 nitrogen and oxygen atoms in total. The SMILES string of the molecule is COC(=O)C1CS(=O)CC(c2cccs2)N1. The summed E-state index contributed by atoms with van der Waals surface area (Å²) >= 11 is 1.60. The summed E-state index contributed by atoms with van der Waals surface area (Å²) in [6, 6.07) is 3.48. The van der Waals surface area contributed by atoms with Crippen LogP contribution < -0.4 is 5.32 Å². The van der Waals surface area contributed by atoms with Gasteiger partial charge in [-0.05, 0) is 11.4 Å². The van der Waals surface area contributed by atoms with Gasteiger partial charge in [0, 0.05) is 27.2 Å². The Kier molecular flexibility index (Phi) is 3.73. The molecule has 2 heterocycles. The Labute approximate surface area is 100 Å². The van der Waals surface area contributed by atoms with Crippen molar-refractivity contribution >= 4 is 28.1 Å². The summed E-state index contributed by atoms with van der Waals surface area (Å²) in [5.74, 6) is 0.567. The average Bonchev–Trinajstić information content (AvgIpc) is 2.80. The highest BCUT2D eigenvalue weighted by Gasteiger charge is 2.32. The van der Waals surface area contributed by atoms with Crippen molar-refractivity contribution in [3.05, 3.63) is 22.4 Å². The zero-order chi connectivity index (χ0) is 11.5. The van der Waals surface area contributed by atoms with Crippen LogP contribution in [0.1, 0.15) is 10.9 Å². The first-order chi connectivity index (χ1) is 7.70. The second kappa shape index (κ2) is 5.07. The largest absolute Gasteiger partial charge is 0.468 e. The predicted molar refractivity (Wildman–Crippen MR) is 63.9 cm³/mol. The maximum absolute atomic E-state index is 11.7. The van der Waals surface area contributed by atoms with Crippen molar-refractivity contribution in [2.24, 2.45) is 0 Å². The quantitative estimate of drug-likeness (QED) is 0.794. The number of hydrogen-bond acceptors (Lipinski definition) is 5. The fourth-order valence-electron chi connectivity index (χ4n) is 1.71. The van der Waals surface area contributed by atoms with Crippen LogP contribution in [0.2, 0.25) is 0 Å². The lowest BCUT2D eigenvalue weighted by atomic mass is 10.2. The zero-order valence-electron chi connectivity index (χ0n) is 8.84. The molecule has 1 saturated heterocycles. The highest BCUT2D eigenvalue weighted by Crippen LogP contribution is 2.23. The first-order valence-electron chi connectivity index (χ1n) is 4.93. The predicted octanol–water partition coefficient (Wildman–Crippen LogP) is 0.683. The number of carbonyl (C=O) groups is 1. The van der Waals surface area contributed by atoms with E-state index in [1.165, 1.54) is 7.11 Å². The molecule has 1 fully saturated rings. The normalized spacial score (nSPS) is 29.9. The molecular formula is C10H13NO3S2. The topological polar surface area (TPSA) is 55.4 Å². The highest BCUT2D eigenvalue weighted by atomic mass is 32.2. The van der Waals surface area contributed by atoms with Gasteiger partial charge in [-0.15, -0.1) is 11.3 Å². The van der Waals surface area contributed by atoms with Crippen LogP contribution in [-0.4, -0.2) is 34.8 Å². The smallest absolute Gasteiger partial charge is 0.323 e. The molecule has 3 unspecified atom stereocenters. The van der Waals surface area contributed by atoms with Gasteiger partial charge in [-0.1, -0.05) is 6.07 Å². The summed E-state index contributed by atoms with van der Waals surface area (Å²) in [6.45, 7) is 0. The second-order valence-corrected chi connectivity index (χ2v) is 6.11. The van der Waals surface area contributed by atoms with Gasteiger partial charge in [0.2, 0.25) is 0 Å². The van der Waals surface area contributed by atoms with Crippen molar-refractivity contribution in [3.8, 4) is 0 Å². The Hall–Kier alpha value is -0.720. The fraction of sp³-hybridized carbons (Fsp3) is 0.500. The zero-order valence-corrected chi connectivity index (χ0v) is 10.5. The summed E-state index contributed by atoms with van der Waals surface area (Å²) < 4.78 is 16.3. The lowest BCUT2D eigenvalue weighted by Crippen LogP contribution is -2.49. The van der Waals surface area contributed by atoms with Gasteiger partial charge >= 0.3 is 5.97 Å². The number of methoxy groups -OCH3 is 1. The number of ether oxygens (including phenoxy) is 1. The van der Waals surface area contributed by atoms with E-state index in [-0.39, 0.29) is 12.0 Å². The number of hydrogen-bond donors (Lipinski definition) is 1. The lowest BCUT2D eigenvalue weighted by molar-refractivity contribution is -0.142. The van der Waals surface area contributed by atoms with E-state index in [2.05, 4.69) is 10.1 Å². The lowest BCUT2D eigenvalue weighted by Gasteiger charge is -2.28. The molecule has 1 aliphatic heterocycles. The van der Waals surface area contributed by atoms with Crippen molar-refractivity contribution in [2.75, 3.05) is 18.6 Å². The van der Waals surface area contributed by atoms with E-state index in [0.29, 0.717) is 11.5 Å². The molecule has 1 aromatic rings. The van der Waals surface area contributed by atoms with E-state index >= 15 is 0 Å². The van der Waals surface area contributed by atoms with Crippen LogP contribution in [-0.2, 0) is 20.3 Å². The van der Waals surface area contributed by atoms with Crippen molar-refractivity contribution < 1.29 is 13.7 Å². The van der Waals surface area contributed by atoms with E-state index in [9.17, 15) is 9.00 Å².